The van der Waals surface area contributed by atoms with Crippen LogP contribution in [0.5, 0.6) is 5.75 Å². The minimum absolute atomic E-state index is 0. The van der Waals surface area contributed by atoms with E-state index in [1.807, 2.05) is 18.2 Å². The Morgan fingerprint density at radius 1 is 1.03 bits per heavy atom. The first-order valence-corrected chi connectivity index (χ1v) is 11.6. The van der Waals surface area contributed by atoms with E-state index in [9.17, 15) is 23.1 Å². The molecule has 0 saturated carbocycles. The van der Waals surface area contributed by atoms with Gasteiger partial charge in [0.05, 0.1) is 6.54 Å². The van der Waals surface area contributed by atoms with Crippen molar-refractivity contribution in [2.45, 2.75) is 32.2 Å². The van der Waals surface area contributed by atoms with Gasteiger partial charge in [-0.3, -0.25) is 0 Å². The number of anilines is 2. The Kier molecular flexibility index (Phi) is 10.1. The van der Waals surface area contributed by atoms with Gasteiger partial charge in [-0.2, -0.15) is 0 Å². The molecule has 9 heteroatoms. The normalized spacial score (nSPS) is 12.5. The first-order valence-electron chi connectivity index (χ1n) is 11.6. The minimum Gasteiger partial charge on any atom is -0.550 e. The maximum Gasteiger partial charge on any atom is 1.00 e. The van der Waals surface area contributed by atoms with Gasteiger partial charge in [0.15, 0.2) is 11.6 Å². The molecule has 1 aliphatic rings. The van der Waals surface area contributed by atoms with Crippen molar-refractivity contribution in [2.75, 3.05) is 29.9 Å². The summed E-state index contributed by atoms with van der Waals surface area (Å²) in [5.41, 5.74) is 4.34. The number of carbonyl (C=O) groups is 1. The molecule has 1 aliphatic heterocycles. The summed E-state index contributed by atoms with van der Waals surface area (Å²) in [5.74, 6) is -2.99. The molecule has 36 heavy (non-hydrogen) atoms. The molecular weight excluding hydrogens is 480 g/mol. The zero-order chi connectivity index (χ0) is 24.8. The number of halogens is 3. The van der Waals surface area contributed by atoms with E-state index < -0.39 is 23.4 Å². The molecule has 0 fully saturated rings. The Balaban J connectivity index is 0.00000361. The molecule has 0 atom stereocenters. The van der Waals surface area contributed by atoms with Crippen LogP contribution < -0.4 is 49.6 Å². The number of aryl methyl sites for hydroxylation is 1. The number of carbonyl (C=O) groups excluding carboxylic acids is 1. The number of rotatable bonds is 10. The summed E-state index contributed by atoms with van der Waals surface area (Å²) in [7, 11) is 0. The summed E-state index contributed by atoms with van der Waals surface area (Å²) >= 11 is 0. The number of carboxylic acid groups (broad SMARTS) is 1. The Bertz CT molecular complexity index is 1210. The van der Waals surface area contributed by atoms with Crippen molar-refractivity contribution < 1.29 is 57.4 Å². The SMILES string of the molecule is O=C([O-])CCc1ccc(NCc2cccc3c2CCCN3CCOc2ccc(F)cc2F)cc1F.[Na+]. The zero-order valence-corrected chi connectivity index (χ0v) is 22.2. The summed E-state index contributed by atoms with van der Waals surface area (Å²) in [6, 6.07) is 14.0. The summed E-state index contributed by atoms with van der Waals surface area (Å²) in [4.78, 5) is 12.8. The maximum atomic E-state index is 14.3. The molecule has 1 N–H and O–H groups in total. The van der Waals surface area contributed by atoms with Crippen molar-refractivity contribution in [3.8, 4) is 5.75 Å². The van der Waals surface area contributed by atoms with Gasteiger partial charge in [-0.05, 0) is 72.7 Å². The van der Waals surface area contributed by atoms with E-state index >= 15 is 0 Å². The van der Waals surface area contributed by atoms with Crippen LogP contribution >= 0.6 is 0 Å². The molecule has 0 aromatic heterocycles. The molecule has 0 amide bonds. The van der Waals surface area contributed by atoms with Crippen molar-refractivity contribution in [1.29, 1.82) is 0 Å². The molecule has 0 spiro atoms. The number of carboxylic acids is 1. The van der Waals surface area contributed by atoms with E-state index in [0.717, 1.165) is 36.7 Å². The van der Waals surface area contributed by atoms with Gasteiger partial charge >= 0.3 is 29.6 Å². The van der Waals surface area contributed by atoms with Crippen LogP contribution in [0.3, 0.4) is 0 Å². The number of hydrogen-bond donors (Lipinski definition) is 1. The largest absolute Gasteiger partial charge is 1.00 e. The van der Waals surface area contributed by atoms with E-state index in [1.165, 1.54) is 23.8 Å². The van der Waals surface area contributed by atoms with Gasteiger partial charge in [-0.1, -0.05) is 18.2 Å². The quantitative estimate of drug-likeness (QED) is 0.420. The first kappa shape index (κ1) is 27.9. The number of fused-ring (bicyclic) bond motifs is 1. The van der Waals surface area contributed by atoms with Crippen molar-refractivity contribution in [2.24, 2.45) is 0 Å². The van der Waals surface area contributed by atoms with Crippen LogP contribution in [0, 0.1) is 17.5 Å². The fourth-order valence-electron chi connectivity index (χ4n) is 4.32. The molecule has 4 rings (SSSR count). The van der Waals surface area contributed by atoms with Gasteiger partial charge in [0.25, 0.3) is 0 Å². The molecule has 0 radical (unpaired) electrons. The third kappa shape index (κ3) is 7.18. The van der Waals surface area contributed by atoms with E-state index in [0.29, 0.717) is 24.3 Å². The van der Waals surface area contributed by atoms with Gasteiger partial charge in [0, 0.05) is 36.5 Å². The van der Waals surface area contributed by atoms with Crippen molar-refractivity contribution in [3.63, 3.8) is 0 Å². The average Bonchev–Trinajstić information content (AvgIpc) is 2.83. The van der Waals surface area contributed by atoms with Gasteiger partial charge < -0.3 is 24.9 Å². The fraction of sp³-hybridized carbons (Fsp3) is 0.296. The van der Waals surface area contributed by atoms with E-state index in [4.69, 9.17) is 4.74 Å². The van der Waals surface area contributed by atoms with Crippen molar-refractivity contribution >= 4 is 17.3 Å². The molecule has 0 aliphatic carbocycles. The van der Waals surface area contributed by atoms with Crippen molar-refractivity contribution in [1.82, 2.24) is 0 Å². The van der Waals surface area contributed by atoms with Crippen molar-refractivity contribution in [3.05, 3.63) is 88.7 Å². The molecule has 0 unspecified atom stereocenters. The summed E-state index contributed by atoms with van der Waals surface area (Å²) < 4.78 is 46.7. The minimum atomic E-state index is -1.20. The summed E-state index contributed by atoms with van der Waals surface area (Å²) in [5, 5.41) is 13.9. The van der Waals surface area contributed by atoms with E-state index in [-0.39, 0.29) is 54.8 Å². The van der Waals surface area contributed by atoms with Crippen LogP contribution in [-0.2, 0) is 24.2 Å². The molecule has 3 aromatic rings. The predicted molar refractivity (Wildman–Crippen MR) is 126 cm³/mol. The molecule has 3 aromatic carbocycles. The van der Waals surface area contributed by atoms with Crippen LogP contribution in [0.2, 0.25) is 0 Å². The number of aliphatic carboxylic acids is 1. The van der Waals surface area contributed by atoms with E-state index in [2.05, 4.69) is 10.2 Å². The fourth-order valence-corrected chi connectivity index (χ4v) is 4.32. The summed E-state index contributed by atoms with van der Waals surface area (Å²) in [6.45, 7) is 2.16. The number of benzene rings is 3. The standard InChI is InChI=1S/C27H27F3N2O3.Na/c28-20-8-10-26(24(30)15-20)35-14-13-32-12-2-4-22-19(3-1-5-25(22)32)17-31-21-9-6-18(23(29)16-21)7-11-27(33)34;/h1,3,5-6,8-10,15-16,31H,2,4,7,11-14,17H2,(H,33,34);/q;+1/p-1. The van der Waals surface area contributed by atoms with Gasteiger partial charge in [-0.25, -0.2) is 13.2 Å². The van der Waals surface area contributed by atoms with Gasteiger partial charge in [-0.15, -0.1) is 0 Å². The molecule has 1 heterocycles. The van der Waals surface area contributed by atoms with Crippen LogP contribution in [-0.4, -0.2) is 25.7 Å². The second kappa shape index (κ2) is 13.0. The molecule has 0 bridgehead atoms. The molecular formula is C27H26F3N2NaO3. The predicted octanol–water partition coefficient (Wildman–Crippen LogP) is 1.23. The van der Waals surface area contributed by atoms with Crippen LogP contribution in [0.4, 0.5) is 24.5 Å². The monoisotopic (exact) mass is 506 g/mol. The van der Waals surface area contributed by atoms with Crippen LogP contribution in [0.25, 0.3) is 0 Å². The van der Waals surface area contributed by atoms with Crippen LogP contribution in [0.15, 0.2) is 54.6 Å². The third-order valence-electron chi connectivity index (χ3n) is 6.09. The molecule has 184 valence electrons. The van der Waals surface area contributed by atoms with Crippen LogP contribution in [0.1, 0.15) is 29.5 Å². The number of ether oxygens (including phenoxy) is 1. The summed E-state index contributed by atoms with van der Waals surface area (Å²) in [6.07, 6.45) is 1.73. The third-order valence-corrected chi connectivity index (χ3v) is 6.09. The van der Waals surface area contributed by atoms with E-state index in [1.54, 1.807) is 12.1 Å². The number of nitrogens with one attached hydrogen (secondary N) is 1. The second-order valence-electron chi connectivity index (χ2n) is 8.46. The average molecular weight is 507 g/mol. The topological polar surface area (TPSA) is 64.6 Å². The molecule has 0 saturated heterocycles. The number of hydrogen-bond acceptors (Lipinski definition) is 5. The smallest absolute Gasteiger partial charge is 0.550 e. The maximum absolute atomic E-state index is 14.3. The van der Waals surface area contributed by atoms with Gasteiger partial charge in [0.1, 0.15) is 18.2 Å². The zero-order valence-electron chi connectivity index (χ0n) is 20.2. The second-order valence-corrected chi connectivity index (χ2v) is 8.46. The first-order chi connectivity index (χ1) is 16.9. The Morgan fingerprint density at radius 3 is 2.61 bits per heavy atom. The van der Waals surface area contributed by atoms with Gasteiger partial charge in [0.2, 0.25) is 0 Å². The Labute approximate surface area is 230 Å². The number of nitrogens with zero attached hydrogens (tertiary/aromatic N) is 1. The molecule has 5 nitrogen and oxygen atoms in total. The Morgan fingerprint density at radius 2 is 1.86 bits per heavy atom. The Hall–Kier alpha value is -2.68.